The number of aryl methyl sites for hydroxylation is 2. The first kappa shape index (κ1) is 19.6. The van der Waals surface area contributed by atoms with Crippen molar-refractivity contribution in [2.45, 2.75) is 17.7 Å². The summed E-state index contributed by atoms with van der Waals surface area (Å²) in [5.74, 6) is 0.128. The normalized spacial score (nSPS) is 12.5. The number of fused-ring (bicyclic) bond motifs is 3. The second kappa shape index (κ2) is 7.59. The Morgan fingerprint density at radius 1 is 1.07 bits per heavy atom. The molecule has 156 valence electrons. The lowest BCUT2D eigenvalue weighted by molar-refractivity contribution is 0.256. The van der Waals surface area contributed by atoms with E-state index in [2.05, 4.69) is 25.4 Å². The smallest absolute Gasteiger partial charge is 0.335 e. The van der Waals surface area contributed by atoms with Crippen LogP contribution in [0.15, 0.2) is 33.8 Å². The Morgan fingerprint density at radius 2 is 1.77 bits per heavy atom. The molecule has 0 saturated carbocycles. The Morgan fingerprint density at radius 3 is 2.47 bits per heavy atom. The van der Waals surface area contributed by atoms with E-state index in [0.717, 1.165) is 11.1 Å². The van der Waals surface area contributed by atoms with Gasteiger partial charge in [0.1, 0.15) is 0 Å². The van der Waals surface area contributed by atoms with Crippen molar-refractivity contribution in [3.8, 4) is 23.3 Å². The maximum Gasteiger partial charge on any atom is 0.335 e. The molecule has 0 unspecified atom stereocenters. The predicted molar refractivity (Wildman–Crippen MR) is 102 cm³/mol. The number of carbonyl (C=O) groups excluding carboxylic acids is 1. The molecule has 4 rings (SSSR count). The summed E-state index contributed by atoms with van der Waals surface area (Å²) in [6.45, 7) is 0. The molecule has 1 aromatic carbocycles. The summed E-state index contributed by atoms with van der Waals surface area (Å²) >= 11 is 0. The van der Waals surface area contributed by atoms with Gasteiger partial charge in [-0.25, -0.2) is 17.9 Å². The summed E-state index contributed by atoms with van der Waals surface area (Å²) in [6.07, 6.45) is 2.87. The molecule has 0 radical (unpaired) electrons. The highest BCUT2D eigenvalue weighted by atomic mass is 32.2. The summed E-state index contributed by atoms with van der Waals surface area (Å²) in [7, 11) is -1.62. The second-order valence-corrected chi connectivity index (χ2v) is 7.81. The average molecular weight is 432 g/mol. The molecule has 3 aromatic rings. The minimum atomic E-state index is -4.26. The number of urea groups is 1. The molecule has 0 bridgehead atoms. The number of anilines is 1. The van der Waals surface area contributed by atoms with E-state index in [9.17, 15) is 13.2 Å². The summed E-state index contributed by atoms with van der Waals surface area (Å²) < 4.78 is 42.9. The van der Waals surface area contributed by atoms with Crippen LogP contribution in [0.2, 0.25) is 0 Å². The molecule has 0 fully saturated rings. The van der Waals surface area contributed by atoms with Gasteiger partial charge in [-0.15, -0.1) is 4.98 Å². The van der Waals surface area contributed by atoms with E-state index >= 15 is 0 Å². The number of benzene rings is 1. The minimum Gasteiger partial charge on any atom is -0.467 e. The molecule has 12 nitrogen and oxygen atoms in total. The standard InChI is InChI=1S/C17H16N6O6S/c1-27-16-20-14(21-17(22-16)28-2)19-15(24)23-30(25,26)11-5-3-4-9-6-7-10-8-18-29-13(10)12(9)11/h3-5,8H,6-7H2,1-2H3,(H2,19,20,21,22,23,24). The number of aromatic nitrogens is 4. The van der Waals surface area contributed by atoms with Crippen LogP contribution in [0, 0.1) is 0 Å². The fourth-order valence-electron chi connectivity index (χ4n) is 3.06. The first-order valence-corrected chi connectivity index (χ1v) is 10.1. The van der Waals surface area contributed by atoms with Crippen molar-refractivity contribution in [1.29, 1.82) is 0 Å². The van der Waals surface area contributed by atoms with Crippen molar-refractivity contribution in [3.63, 3.8) is 0 Å². The average Bonchev–Trinajstić information content (AvgIpc) is 3.21. The van der Waals surface area contributed by atoms with Gasteiger partial charge in [0.25, 0.3) is 10.0 Å². The number of amides is 2. The van der Waals surface area contributed by atoms with Crippen LogP contribution in [-0.4, -0.2) is 48.8 Å². The number of hydrogen-bond acceptors (Lipinski definition) is 10. The largest absolute Gasteiger partial charge is 0.467 e. The molecule has 30 heavy (non-hydrogen) atoms. The fraction of sp³-hybridized carbons (Fsp3) is 0.235. The summed E-state index contributed by atoms with van der Waals surface area (Å²) in [6, 6.07) is 3.50. The third-order valence-corrected chi connectivity index (χ3v) is 5.72. The van der Waals surface area contributed by atoms with Crippen molar-refractivity contribution in [2.75, 3.05) is 19.5 Å². The molecule has 0 saturated heterocycles. The molecule has 2 aromatic heterocycles. The van der Waals surface area contributed by atoms with Gasteiger partial charge in [0, 0.05) is 11.1 Å². The maximum absolute atomic E-state index is 12.9. The van der Waals surface area contributed by atoms with E-state index < -0.39 is 16.1 Å². The van der Waals surface area contributed by atoms with Gasteiger partial charge in [-0.2, -0.15) is 9.97 Å². The van der Waals surface area contributed by atoms with Crippen LogP contribution in [0.3, 0.4) is 0 Å². The van der Waals surface area contributed by atoms with Crippen LogP contribution in [0.25, 0.3) is 11.3 Å². The van der Waals surface area contributed by atoms with Gasteiger partial charge < -0.3 is 14.0 Å². The lowest BCUT2D eigenvalue weighted by Crippen LogP contribution is -2.35. The van der Waals surface area contributed by atoms with Gasteiger partial charge in [0.05, 0.1) is 25.3 Å². The Labute approximate surface area is 170 Å². The number of hydrogen-bond donors (Lipinski definition) is 2. The van der Waals surface area contributed by atoms with Gasteiger partial charge >= 0.3 is 18.1 Å². The third-order valence-electron chi connectivity index (χ3n) is 4.35. The topological polar surface area (TPSA) is 158 Å². The zero-order valence-corrected chi connectivity index (χ0v) is 16.7. The fourth-order valence-corrected chi connectivity index (χ4v) is 4.22. The zero-order valence-electron chi connectivity index (χ0n) is 15.9. The first-order valence-electron chi connectivity index (χ1n) is 8.65. The van der Waals surface area contributed by atoms with E-state index in [4.69, 9.17) is 14.0 Å². The number of rotatable bonds is 5. The van der Waals surface area contributed by atoms with Gasteiger partial charge in [0.2, 0.25) is 5.95 Å². The highest BCUT2D eigenvalue weighted by molar-refractivity contribution is 7.90. The Bertz CT molecular complexity index is 1200. The monoisotopic (exact) mass is 432 g/mol. The lowest BCUT2D eigenvalue weighted by Gasteiger charge is -2.18. The van der Waals surface area contributed by atoms with E-state index in [1.165, 1.54) is 20.3 Å². The molecule has 0 spiro atoms. The maximum atomic E-state index is 12.9. The van der Waals surface area contributed by atoms with Gasteiger partial charge in [-0.1, -0.05) is 17.3 Å². The second-order valence-electron chi connectivity index (χ2n) is 6.16. The number of sulfonamides is 1. The number of nitrogens with one attached hydrogen (secondary N) is 2. The van der Waals surface area contributed by atoms with Crippen molar-refractivity contribution in [3.05, 3.63) is 35.5 Å². The van der Waals surface area contributed by atoms with Crippen LogP contribution >= 0.6 is 0 Å². The first-order chi connectivity index (χ1) is 14.4. The van der Waals surface area contributed by atoms with Gasteiger partial charge in [0.15, 0.2) is 5.76 Å². The Kier molecular flexibility index (Phi) is 4.95. The Balaban J connectivity index is 1.62. The zero-order chi connectivity index (χ0) is 21.3. The van der Waals surface area contributed by atoms with Crippen LogP contribution < -0.4 is 19.5 Å². The molecule has 2 amide bonds. The number of ether oxygens (including phenoxy) is 2. The van der Waals surface area contributed by atoms with Crippen molar-refractivity contribution < 1.29 is 27.2 Å². The highest BCUT2D eigenvalue weighted by Crippen LogP contribution is 2.37. The third kappa shape index (κ3) is 3.61. The van der Waals surface area contributed by atoms with Crippen LogP contribution in [0.1, 0.15) is 11.1 Å². The Hall–Kier alpha value is -3.74. The SMILES string of the molecule is COc1nc(NC(=O)NS(=O)(=O)c2cccc3c2-c2oncc2CC3)nc(OC)n1. The summed E-state index contributed by atoms with van der Waals surface area (Å²) in [5.41, 5.74) is 1.98. The number of methoxy groups -OCH3 is 2. The quantitative estimate of drug-likeness (QED) is 0.599. The molecule has 13 heteroatoms. The van der Waals surface area contributed by atoms with Crippen LogP contribution in [0.4, 0.5) is 10.7 Å². The van der Waals surface area contributed by atoms with E-state index in [-0.39, 0.29) is 22.9 Å². The van der Waals surface area contributed by atoms with Crippen molar-refractivity contribution in [2.24, 2.45) is 0 Å². The molecule has 0 atom stereocenters. The molecule has 2 heterocycles. The number of nitrogens with zero attached hydrogens (tertiary/aromatic N) is 4. The van der Waals surface area contributed by atoms with E-state index in [1.54, 1.807) is 12.3 Å². The minimum absolute atomic E-state index is 0.0985. The van der Waals surface area contributed by atoms with Crippen LogP contribution in [-0.2, 0) is 22.9 Å². The molecular formula is C17H16N6O6S. The summed E-state index contributed by atoms with van der Waals surface area (Å²) in [5, 5.41) is 5.98. The molecule has 2 N–H and O–H groups in total. The molecular weight excluding hydrogens is 416 g/mol. The van der Waals surface area contributed by atoms with E-state index in [1.807, 2.05) is 10.8 Å². The van der Waals surface area contributed by atoms with Crippen molar-refractivity contribution in [1.82, 2.24) is 24.8 Å². The van der Waals surface area contributed by atoms with Crippen molar-refractivity contribution >= 4 is 22.0 Å². The van der Waals surface area contributed by atoms with Gasteiger partial charge in [-0.05, 0) is 24.5 Å². The molecule has 0 aliphatic heterocycles. The van der Waals surface area contributed by atoms with Gasteiger partial charge in [-0.3, -0.25) is 5.32 Å². The molecule has 1 aliphatic rings. The number of carbonyl (C=O) groups is 1. The van der Waals surface area contributed by atoms with Crippen LogP contribution in [0.5, 0.6) is 12.0 Å². The molecule has 1 aliphatic carbocycles. The summed E-state index contributed by atoms with van der Waals surface area (Å²) in [4.78, 5) is 23.7. The van der Waals surface area contributed by atoms with E-state index in [0.29, 0.717) is 24.2 Å². The predicted octanol–water partition coefficient (Wildman–Crippen LogP) is 1.15. The highest BCUT2D eigenvalue weighted by Gasteiger charge is 2.30. The lowest BCUT2D eigenvalue weighted by atomic mass is 9.91.